The highest BCUT2D eigenvalue weighted by Crippen LogP contribution is 2.29. The fraction of sp³-hybridized carbons (Fsp3) is 0.158. The predicted octanol–water partition coefficient (Wildman–Crippen LogP) is 4.12. The van der Waals surface area contributed by atoms with Crippen molar-refractivity contribution >= 4 is 27.9 Å². The zero-order valence-electron chi connectivity index (χ0n) is 14.7. The lowest BCUT2D eigenvalue weighted by Crippen LogP contribution is -2.13. The van der Waals surface area contributed by atoms with Gasteiger partial charge in [0.25, 0.3) is 5.91 Å². The first-order valence-corrected chi connectivity index (χ1v) is 9.26. The van der Waals surface area contributed by atoms with E-state index in [1.165, 1.54) is 29.5 Å². The molecule has 4 rings (SSSR count). The van der Waals surface area contributed by atoms with Crippen LogP contribution < -0.4 is 5.32 Å². The van der Waals surface area contributed by atoms with Crippen molar-refractivity contribution in [1.82, 2.24) is 19.8 Å². The van der Waals surface area contributed by atoms with E-state index < -0.39 is 5.82 Å². The second kappa shape index (κ2) is 6.88. The molecule has 8 heteroatoms. The van der Waals surface area contributed by atoms with Crippen LogP contribution in [0.2, 0.25) is 0 Å². The number of amides is 1. The summed E-state index contributed by atoms with van der Waals surface area (Å²) in [7, 11) is 0. The van der Waals surface area contributed by atoms with Gasteiger partial charge in [0.2, 0.25) is 4.96 Å². The summed E-state index contributed by atoms with van der Waals surface area (Å²) in [5.41, 5.74) is 2.70. The number of aromatic nitrogens is 4. The minimum absolute atomic E-state index is 0.270. The van der Waals surface area contributed by atoms with Gasteiger partial charge in [0.1, 0.15) is 10.8 Å². The number of rotatable bonds is 4. The van der Waals surface area contributed by atoms with Crippen molar-refractivity contribution in [2.24, 2.45) is 0 Å². The molecule has 0 aliphatic heterocycles. The summed E-state index contributed by atoms with van der Waals surface area (Å²) in [6, 6.07) is 11.3. The molecule has 0 spiro atoms. The van der Waals surface area contributed by atoms with E-state index in [9.17, 15) is 9.18 Å². The third-order valence-electron chi connectivity index (χ3n) is 4.19. The van der Waals surface area contributed by atoms with Gasteiger partial charge >= 0.3 is 0 Å². The number of hydrogen-bond acceptors (Lipinski definition) is 5. The Morgan fingerprint density at radius 1 is 1.22 bits per heavy atom. The average Bonchev–Trinajstić information content (AvgIpc) is 3.24. The molecule has 6 nitrogen and oxygen atoms in total. The van der Waals surface area contributed by atoms with Gasteiger partial charge in [0.05, 0.1) is 0 Å². The second-order valence-corrected chi connectivity index (χ2v) is 7.02. The molecule has 0 atom stereocenters. The lowest BCUT2D eigenvalue weighted by molar-refractivity contribution is 0.102. The van der Waals surface area contributed by atoms with E-state index in [0.717, 1.165) is 33.3 Å². The summed E-state index contributed by atoms with van der Waals surface area (Å²) in [6.07, 6.45) is 0.743. The van der Waals surface area contributed by atoms with Crippen LogP contribution in [0.25, 0.3) is 15.5 Å². The van der Waals surface area contributed by atoms with Gasteiger partial charge in [0, 0.05) is 23.2 Å². The van der Waals surface area contributed by atoms with Crippen LogP contribution in [-0.4, -0.2) is 25.7 Å². The Morgan fingerprint density at radius 2 is 2.07 bits per heavy atom. The Bertz CT molecular complexity index is 1150. The van der Waals surface area contributed by atoms with Gasteiger partial charge in [-0.05, 0) is 36.8 Å². The van der Waals surface area contributed by atoms with Crippen LogP contribution in [-0.2, 0) is 6.42 Å². The van der Waals surface area contributed by atoms with Crippen LogP contribution in [0, 0.1) is 12.7 Å². The number of aryl methyl sites for hydroxylation is 2. The molecule has 2 aromatic carbocycles. The maximum atomic E-state index is 13.4. The average molecular weight is 381 g/mol. The highest BCUT2D eigenvalue weighted by atomic mass is 32.1. The zero-order valence-corrected chi connectivity index (χ0v) is 15.5. The molecule has 1 N–H and O–H groups in total. The predicted molar refractivity (Wildman–Crippen MR) is 103 cm³/mol. The van der Waals surface area contributed by atoms with Crippen LogP contribution in [0.3, 0.4) is 0 Å². The van der Waals surface area contributed by atoms with Gasteiger partial charge < -0.3 is 5.32 Å². The first kappa shape index (κ1) is 17.3. The molecule has 4 aromatic rings. The van der Waals surface area contributed by atoms with Gasteiger partial charge in [-0.3, -0.25) is 4.79 Å². The van der Waals surface area contributed by atoms with Crippen LogP contribution in [0.1, 0.15) is 28.7 Å². The van der Waals surface area contributed by atoms with Gasteiger partial charge in [-0.1, -0.05) is 36.5 Å². The molecular weight excluding hydrogens is 365 g/mol. The number of benzene rings is 2. The Balaban J connectivity index is 1.66. The van der Waals surface area contributed by atoms with Gasteiger partial charge in [-0.15, -0.1) is 10.2 Å². The van der Waals surface area contributed by atoms with Gasteiger partial charge in [-0.2, -0.15) is 9.61 Å². The van der Waals surface area contributed by atoms with Crippen LogP contribution >= 0.6 is 11.3 Å². The number of hydrogen-bond donors (Lipinski definition) is 1. The van der Waals surface area contributed by atoms with Crippen molar-refractivity contribution < 1.29 is 9.18 Å². The Labute approximate surface area is 158 Å². The normalized spacial score (nSPS) is 11.1. The number of nitrogens with one attached hydrogen (secondary N) is 1. The quantitative estimate of drug-likeness (QED) is 0.577. The third-order valence-corrected chi connectivity index (χ3v) is 5.14. The Morgan fingerprint density at radius 3 is 2.85 bits per heavy atom. The van der Waals surface area contributed by atoms with Crippen molar-refractivity contribution in [3.8, 4) is 10.6 Å². The van der Waals surface area contributed by atoms with Crippen LogP contribution in [0.5, 0.6) is 0 Å². The van der Waals surface area contributed by atoms with Crippen molar-refractivity contribution in [3.63, 3.8) is 0 Å². The molecule has 0 radical (unpaired) electrons. The Hall–Kier alpha value is -3.13. The second-order valence-electron chi connectivity index (χ2n) is 6.07. The van der Waals surface area contributed by atoms with Crippen LogP contribution in [0.15, 0.2) is 42.5 Å². The van der Waals surface area contributed by atoms with E-state index >= 15 is 0 Å². The number of fused-ring (bicyclic) bond motifs is 1. The molecule has 0 bridgehead atoms. The van der Waals surface area contributed by atoms with Gasteiger partial charge in [-0.25, -0.2) is 4.39 Å². The minimum atomic E-state index is -0.445. The van der Waals surface area contributed by atoms with E-state index in [-0.39, 0.29) is 11.5 Å². The maximum absolute atomic E-state index is 13.4. The summed E-state index contributed by atoms with van der Waals surface area (Å²) in [6.45, 7) is 3.90. The third kappa shape index (κ3) is 3.31. The van der Waals surface area contributed by atoms with E-state index in [1.807, 2.05) is 32.0 Å². The lowest BCUT2D eigenvalue weighted by Gasteiger charge is -2.10. The Kier molecular flexibility index (Phi) is 4.41. The largest absolute Gasteiger partial charge is 0.322 e. The number of carbonyl (C=O) groups excluding carboxylic acids is 1. The molecule has 0 unspecified atom stereocenters. The number of carbonyl (C=O) groups is 1. The molecule has 2 heterocycles. The molecule has 0 fully saturated rings. The van der Waals surface area contributed by atoms with E-state index in [1.54, 1.807) is 10.6 Å². The summed E-state index contributed by atoms with van der Waals surface area (Å²) in [5, 5.41) is 16.4. The van der Waals surface area contributed by atoms with Crippen molar-refractivity contribution in [3.05, 3.63) is 65.2 Å². The monoisotopic (exact) mass is 381 g/mol. The minimum Gasteiger partial charge on any atom is -0.322 e. The number of nitrogens with zero attached hydrogens (tertiary/aromatic N) is 4. The van der Waals surface area contributed by atoms with Gasteiger partial charge in [0.15, 0.2) is 5.82 Å². The van der Waals surface area contributed by atoms with Crippen molar-refractivity contribution in [1.29, 1.82) is 0 Å². The fourth-order valence-electron chi connectivity index (χ4n) is 2.71. The molecular formula is C19H16FN5OS. The van der Waals surface area contributed by atoms with E-state index in [2.05, 4.69) is 20.6 Å². The summed E-state index contributed by atoms with van der Waals surface area (Å²) in [5.74, 6) is -0.00000556. The SMILES string of the molecule is CCc1nnc2sc(-c3ccc(C)c(NC(=O)c4cccc(F)c4)c3)nn12. The first-order valence-electron chi connectivity index (χ1n) is 8.44. The molecule has 1 amide bonds. The highest BCUT2D eigenvalue weighted by molar-refractivity contribution is 7.19. The fourth-order valence-corrected chi connectivity index (χ4v) is 3.56. The lowest BCUT2D eigenvalue weighted by atomic mass is 10.1. The first-order chi connectivity index (χ1) is 13.0. The van der Waals surface area contributed by atoms with Crippen molar-refractivity contribution in [2.45, 2.75) is 20.3 Å². The topological polar surface area (TPSA) is 72.2 Å². The molecule has 0 saturated heterocycles. The van der Waals surface area contributed by atoms with Crippen molar-refractivity contribution in [2.75, 3.05) is 5.32 Å². The van der Waals surface area contributed by atoms with E-state index in [0.29, 0.717) is 5.69 Å². The summed E-state index contributed by atoms with van der Waals surface area (Å²) >= 11 is 1.43. The standard InChI is InChI=1S/C19H16FN5OS/c1-3-16-22-23-19-25(16)24-18(27-19)13-8-7-11(2)15(10-13)21-17(26)12-5-4-6-14(20)9-12/h4-10H,3H2,1-2H3,(H,21,26). The van der Waals surface area contributed by atoms with Crippen LogP contribution in [0.4, 0.5) is 10.1 Å². The molecule has 136 valence electrons. The summed E-state index contributed by atoms with van der Waals surface area (Å²) in [4.78, 5) is 13.2. The molecule has 0 saturated carbocycles. The smallest absolute Gasteiger partial charge is 0.255 e. The molecule has 0 aliphatic carbocycles. The number of anilines is 1. The highest BCUT2D eigenvalue weighted by Gasteiger charge is 2.14. The summed E-state index contributed by atoms with van der Waals surface area (Å²) < 4.78 is 15.1. The molecule has 2 aromatic heterocycles. The zero-order chi connectivity index (χ0) is 19.0. The van der Waals surface area contributed by atoms with E-state index in [4.69, 9.17) is 0 Å². The molecule has 0 aliphatic rings. The number of halogens is 1. The maximum Gasteiger partial charge on any atom is 0.255 e. The molecule has 27 heavy (non-hydrogen) atoms.